The Labute approximate surface area is 174 Å². The molecule has 2 unspecified atom stereocenters. The van der Waals surface area contributed by atoms with Gasteiger partial charge in [0, 0.05) is 30.6 Å². The average Bonchev–Trinajstić information content (AvgIpc) is 3.20. The maximum absolute atomic E-state index is 12.2. The lowest BCUT2D eigenvalue weighted by Gasteiger charge is -2.15. The van der Waals surface area contributed by atoms with Crippen LogP contribution in [0.5, 0.6) is 5.88 Å². The first-order chi connectivity index (χ1) is 14.5. The van der Waals surface area contributed by atoms with Gasteiger partial charge in [0.1, 0.15) is 0 Å². The summed E-state index contributed by atoms with van der Waals surface area (Å²) in [5.41, 5.74) is 3.01. The van der Waals surface area contributed by atoms with Gasteiger partial charge in [-0.2, -0.15) is 0 Å². The van der Waals surface area contributed by atoms with Crippen LogP contribution in [0.3, 0.4) is 0 Å². The Morgan fingerprint density at radius 3 is 2.77 bits per heavy atom. The SMILES string of the molecule is Cc1cnc(NCC(C)O)nc1-c1c[nH]c(OC(=O)NC(CO)c2ccccc2)c1. The summed E-state index contributed by atoms with van der Waals surface area (Å²) in [7, 11) is 0. The summed E-state index contributed by atoms with van der Waals surface area (Å²) in [5, 5.41) is 24.6. The third-order valence-corrected chi connectivity index (χ3v) is 4.34. The fourth-order valence-corrected chi connectivity index (χ4v) is 2.82. The number of amides is 1. The zero-order chi connectivity index (χ0) is 21.5. The second-order valence-corrected chi connectivity index (χ2v) is 6.89. The van der Waals surface area contributed by atoms with Crippen molar-refractivity contribution in [3.63, 3.8) is 0 Å². The van der Waals surface area contributed by atoms with Gasteiger partial charge in [-0.1, -0.05) is 30.3 Å². The number of aliphatic hydroxyl groups is 2. The first-order valence-corrected chi connectivity index (χ1v) is 9.54. The molecule has 0 saturated heterocycles. The van der Waals surface area contributed by atoms with Gasteiger partial charge >= 0.3 is 6.09 Å². The molecule has 0 saturated carbocycles. The number of aromatic amines is 1. The summed E-state index contributed by atoms with van der Waals surface area (Å²) in [6, 6.07) is 10.2. The number of aryl methyl sites for hydroxylation is 1. The minimum absolute atomic E-state index is 0.240. The molecule has 2 heterocycles. The van der Waals surface area contributed by atoms with Gasteiger partial charge in [0.05, 0.1) is 24.4 Å². The van der Waals surface area contributed by atoms with E-state index in [-0.39, 0.29) is 12.5 Å². The van der Waals surface area contributed by atoms with Crippen molar-refractivity contribution in [2.24, 2.45) is 0 Å². The van der Waals surface area contributed by atoms with Crippen LogP contribution in [0, 0.1) is 6.92 Å². The van der Waals surface area contributed by atoms with E-state index in [0.29, 0.717) is 18.2 Å². The summed E-state index contributed by atoms with van der Waals surface area (Å²) in [6.45, 7) is 3.62. The third-order valence-electron chi connectivity index (χ3n) is 4.34. The molecule has 0 spiro atoms. The molecule has 0 aliphatic rings. The smallest absolute Gasteiger partial charge is 0.394 e. The fraction of sp³-hybridized carbons (Fsp3) is 0.286. The van der Waals surface area contributed by atoms with Crippen molar-refractivity contribution < 1.29 is 19.7 Å². The first-order valence-electron chi connectivity index (χ1n) is 9.54. The van der Waals surface area contributed by atoms with Gasteiger partial charge in [0.2, 0.25) is 11.8 Å². The van der Waals surface area contributed by atoms with Crippen LogP contribution >= 0.6 is 0 Å². The molecule has 2 atom stereocenters. The summed E-state index contributed by atoms with van der Waals surface area (Å²) in [6.07, 6.45) is 2.14. The molecule has 9 heteroatoms. The van der Waals surface area contributed by atoms with Crippen LogP contribution < -0.4 is 15.4 Å². The van der Waals surface area contributed by atoms with Gasteiger partial charge < -0.3 is 30.6 Å². The van der Waals surface area contributed by atoms with E-state index < -0.39 is 18.2 Å². The monoisotopic (exact) mass is 411 g/mol. The number of carbonyl (C=O) groups is 1. The molecule has 0 bridgehead atoms. The number of nitrogens with zero attached hydrogens (tertiary/aromatic N) is 2. The zero-order valence-electron chi connectivity index (χ0n) is 16.8. The number of rotatable bonds is 8. The van der Waals surface area contributed by atoms with Crippen molar-refractivity contribution in [3.8, 4) is 17.1 Å². The summed E-state index contributed by atoms with van der Waals surface area (Å²) in [4.78, 5) is 23.8. The van der Waals surface area contributed by atoms with Gasteiger partial charge in [0.25, 0.3) is 0 Å². The number of hydrogen-bond acceptors (Lipinski definition) is 7. The number of H-pyrrole nitrogens is 1. The molecule has 30 heavy (non-hydrogen) atoms. The largest absolute Gasteiger partial charge is 0.414 e. The van der Waals surface area contributed by atoms with E-state index >= 15 is 0 Å². The molecule has 1 aromatic carbocycles. The van der Waals surface area contributed by atoms with Crippen molar-refractivity contribution in [2.75, 3.05) is 18.5 Å². The van der Waals surface area contributed by atoms with Crippen LogP contribution in [0.25, 0.3) is 11.3 Å². The Kier molecular flexibility index (Phi) is 6.99. The molecule has 2 aromatic heterocycles. The molecule has 0 radical (unpaired) electrons. The standard InChI is InChI=1S/C21H25N5O4/c1-13-9-23-20(24-10-14(2)28)26-19(13)16-8-18(22-11-16)30-21(29)25-17(12-27)15-6-4-3-5-7-15/h3-9,11,14,17,22,27-28H,10,12H2,1-2H3,(H,25,29)(H,23,24,26). The van der Waals surface area contributed by atoms with Crippen molar-refractivity contribution in [2.45, 2.75) is 26.0 Å². The number of benzene rings is 1. The van der Waals surface area contributed by atoms with E-state index in [1.165, 1.54) is 0 Å². The number of aromatic nitrogens is 3. The fourth-order valence-electron chi connectivity index (χ4n) is 2.82. The minimum Gasteiger partial charge on any atom is -0.394 e. The predicted molar refractivity (Wildman–Crippen MR) is 112 cm³/mol. The summed E-state index contributed by atoms with van der Waals surface area (Å²) in [5.74, 6) is 0.635. The quantitative estimate of drug-likeness (QED) is 0.384. The Bertz CT molecular complexity index is 975. The second kappa shape index (κ2) is 9.86. The maximum atomic E-state index is 12.2. The van der Waals surface area contributed by atoms with Crippen molar-refractivity contribution in [3.05, 3.63) is 59.9 Å². The zero-order valence-corrected chi connectivity index (χ0v) is 16.8. The normalized spacial score (nSPS) is 12.8. The van der Waals surface area contributed by atoms with Crippen molar-refractivity contribution in [1.82, 2.24) is 20.3 Å². The number of carbonyl (C=O) groups excluding carboxylic acids is 1. The Morgan fingerprint density at radius 1 is 1.30 bits per heavy atom. The molecule has 9 nitrogen and oxygen atoms in total. The Hall–Kier alpha value is -3.43. The van der Waals surface area contributed by atoms with E-state index in [4.69, 9.17) is 4.74 Å². The summed E-state index contributed by atoms with van der Waals surface area (Å²) >= 11 is 0. The molecule has 3 aromatic rings. The van der Waals surface area contributed by atoms with E-state index in [9.17, 15) is 15.0 Å². The lowest BCUT2D eigenvalue weighted by atomic mass is 10.1. The molecule has 1 amide bonds. The molecule has 0 aliphatic carbocycles. The van der Waals surface area contributed by atoms with Gasteiger partial charge in [-0.05, 0) is 25.0 Å². The number of hydrogen-bond donors (Lipinski definition) is 5. The van der Waals surface area contributed by atoms with Gasteiger partial charge in [0.15, 0.2) is 0 Å². The molecular weight excluding hydrogens is 386 g/mol. The van der Waals surface area contributed by atoms with Crippen molar-refractivity contribution in [1.29, 1.82) is 0 Å². The number of anilines is 1. The highest BCUT2D eigenvalue weighted by atomic mass is 16.6. The van der Waals surface area contributed by atoms with Crippen LogP contribution in [0.2, 0.25) is 0 Å². The van der Waals surface area contributed by atoms with Crippen LogP contribution in [0.4, 0.5) is 10.7 Å². The van der Waals surface area contributed by atoms with E-state index in [1.54, 1.807) is 25.4 Å². The van der Waals surface area contributed by atoms with Gasteiger partial charge in [-0.3, -0.25) is 0 Å². The minimum atomic E-state index is -0.690. The number of nitrogens with one attached hydrogen (secondary N) is 3. The molecular formula is C21H25N5O4. The molecule has 0 fully saturated rings. The van der Waals surface area contributed by atoms with Gasteiger partial charge in [-0.25, -0.2) is 14.8 Å². The molecule has 3 rings (SSSR count). The topological polar surface area (TPSA) is 132 Å². The van der Waals surface area contributed by atoms with E-state index in [0.717, 1.165) is 16.7 Å². The van der Waals surface area contributed by atoms with Crippen LogP contribution in [0.15, 0.2) is 48.8 Å². The maximum Gasteiger partial charge on any atom is 0.414 e. The molecule has 158 valence electrons. The van der Waals surface area contributed by atoms with E-state index in [1.807, 2.05) is 37.3 Å². The predicted octanol–water partition coefficient (Wildman–Crippen LogP) is 2.39. The molecule has 5 N–H and O–H groups in total. The average molecular weight is 411 g/mol. The summed E-state index contributed by atoms with van der Waals surface area (Å²) < 4.78 is 5.31. The highest BCUT2D eigenvalue weighted by molar-refractivity contribution is 5.72. The van der Waals surface area contributed by atoms with Gasteiger partial charge in [-0.15, -0.1) is 0 Å². The first kappa shape index (κ1) is 21.3. The lowest BCUT2D eigenvalue weighted by Crippen LogP contribution is -2.33. The number of ether oxygens (including phenoxy) is 1. The third kappa shape index (κ3) is 5.56. The van der Waals surface area contributed by atoms with E-state index in [2.05, 4.69) is 25.6 Å². The van der Waals surface area contributed by atoms with Crippen LogP contribution in [0.1, 0.15) is 24.1 Å². The second-order valence-electron chi connectivity index (χ2n) is 6.89. The highest BCUT2D eigenvalue weighted by Crippen LogP contribution is 2.25. The van der Waals surface area contributed by atoms with Crippen molar-refractivity contribution >= 4 is 12.0 Å². The number of aliphatic hydroxyl groups excluding tert-OH is 2. The van der Waals surface area contributed by atoms with Crippen LogP contribution in [-0.4, -0.2) is 50.5 Å². The highest BCUT2D eigenvalue weighted by Gasteiger charge is 2.16. The van der Waals surface area contributed by atoms with Crippen LogP contribution in [-0.2, 0) is 0 Å². The Balaban J connectivity index is 1.67. The lowest BCUT2D eigenvalue weighted by molar-refractivity contribution is 0.182. The molecule has 0 aliphatic heterocycles. The Morgan fingerprint density at radius 2 is 2.07 bits per heavy atom.